The van der Waals surface area contributed by atoms with Crippen LogP contribution < -0.4 is 20.4 Å². The number of hydrogen-bond donors (Lipinski definition) is 2. The van der Waals surface area contributed by atoms with Crippen LogP contribution in [-0.4, -0.2) is 0 Å². The average molecular weight is 1330 g/mol. The topological polar surface area (TPSA) is 30.5 Å². The van der Waals surface area contributed by atoms with Crippen molar-refractivity contribution in [2.75, 3.05) is 20.4 Å². The molecule has 0 aliphatic heterocycles. The molecule has 0 aromatic heterocycles. The highest BCUT2D eigenvalue weighted by Crippen LogP contribution is 2.53. The van der Waals surface area contributed by atoms with E-state index in [2.05, 4.69) is 329 Å². The molecule has 1 unspecified atom stereocenters. The number of allylic oxidation sites excluding steroid dienone is 2. The van der Waals surface area contributed by atoms with Crippen LogP contribution in [-0.2, 0) is 10.8 Å². The van der Waals surface area contributed by atoms with Gasteiger partial charge in [-0.15, -0.1) is 6.58 Å². The lowest BCUT2D eigenvalue weighted by molar-refractivity contribution is 0.627. The molecule has 1 atom stereocenters. The van der Waals surface area contributed by atoms with Crippen LogP contribution in [0, 0.1) is 24.5 Å². The molecular formula is C96H86F2N4. The van der Waals surface area contributed by atoms with Crippen molar-refractivity contribution in [1.29, 1.82) is 0 Å². The van der Waals surface area contributed by atoms with Gasteiger partial charge in [-0.3, -0.25) is 0 Å². The molecule has 0 spiro atoms. The molecule has 4 nitrogen and oxygen atoms in total. The van der Waals surface area contributed by atoms with E-state index in [0.717, 1.165) is 68.7 Å². The normalized spacial score (nSPS) is 12.8. The Hall–Kier alpha value is -12.1. The van der Waals surface area contributed by atoms with Crippen LogP contribution in [0.25, 0.3) is 46.6 Å². The maximum Gasteiger partial charge on any atom is 0.123 e. The highest BCUT2D eigenvalue weighted by atomic mass is 19.1. The third-order valence-corrected chi connectivity index (χ3v) is 18.8. The van der Waals surface area contributed by atoms with Gasteiger partial charge in [0.15, 0.2) is 0 Å². The number of rotatable bonds is 17. The second kappa shape index (κ2) is 32.7. The Morgan fingerprint density at radius 2 is 0.676 bits per heavy atom. The van der Waals surface area contributed by atoms with E-state index in [1.54, 1.807) is 24.3 Å². The van der Waals surface area contributed by atoms with E-state index in [1.165, 1.54) is 85.5 Å². The maximum absolute atomic E-state index is 12.7. The lowest BCUT2D eigenvalue weighted by atomic mass is 9.82. The summed E-state index contributed by atoms with van der Waals surface area (Å²) >= 11 is 0. The lowest BCUT2D eigenvalue weighted by Gasteiger charge is -2.29. The molecule has 504 valence electrons. The number of nitrogens with zero attached hydrogens (tertiary/aromatic N) is 2. The summed E-state index contributed by atoms with van der Waals surface area (Å²) in [6, 6.07) is 112. The van der Waals surface area contributed by atoms with Crippen molar-refractivity contribution in [2.24, 2.45) is 5.92 Å². The third-order valence-electron chi connectivity index (χ3n) is 18.8. The zero-order valence-corrected chi connectivity index (χ0v) is 58.9. The molecule has 102 heavy (non-hydrogen) atoms. The fourth-order valence-electron chi connectivity index (χ4n) is 13.1. The van der Waals surface area contributed by atoms with Crippen molar-refractivity contribution in [3.8, 4) is 22.3 Å². The minimum Gasteiger partial charge on any atom is -0.362 e. The molecular weight excluding hydrogens is 1250 g/mol. The molecule has 2 aliphatic carbocycles. The molecule has 13 aromatic rings. The predicted molar refractivity (Wildman–Crippen MR) is 432 cm³/mol. The number of fused-ring (bicyclic) bond motifs is 6. The first-order chi connectivity index (χ1) is 49.7. The average Bonchev–Trinajstić information content (AvgIpc) is 1.58. The Bertz CT molecular complexity index is 4690. The van der Waals surface area contributed by atoms with Gasteiger partial charge in [0, 0.05) is 62.0 Å². The summed E-state index contributed by atoms with van der Waals surface area (Å²) in [5, 5.41) is 6.26. The smallest absolute Gasteiger partial charge is 0.123 e. The Morgan fingerprint density at radius 1 is 0.353 bits per heavy atom. The first-order valence-corrected chi connectivity index (χ1v) is 34.9. The van der Waals surface area contributed by atoms with Crippen molar-refractivity contribution >= 4 is 75.5 Å². The number of para-hydroxylation sites is 2. The maximum atomic E-state index is 12.7. The zero-order valence-electron chi connectivity index (χ0n) is 58.9. The summed E-state index contributed by atoms with van der Waals surface area (Å²) in [7, 11) is 0. The number of hydrogen-bond acceptors (Lipinski definition) is 4. The van der Waals surface area contributed by atoms with E-state index in [1.807, 2.05) is 61.7 Å². The van der Waals surface area contributed by atoms with E-state index in [-0.39, 0.29) is 22.5 Å². The summed E-state index contributed by atoms with van der Waals surface area (Å²) in [4.78, 5) is 4.73. The number of halogens is 2. The minimum atomic E-state index is -0.223. The van der Waals surface area contributed by atoms with Gasteiger partial charge in [-0.25, -0.2) is 8.78 Å². The Balaban J connectivity index is 0.000000174. The Labute approximate surface area is 602 Å². The first kappa shape index (κ1) is 69.8. The standard InChI is InChI=1S/C55H44N2.C15H14.C13H12FN.C13H16FN/c1-55(2)53-39-49(56(45-19-11-5-12-20-45)47-31-27-43(28-32-47)25-23-41-15-7-3-8-16-41)35-37-51(53)52-38-36-50(40-54(52)55)57(46-21-13-6-14-22-46)48-33-29-44(30-34-48)26-24-42-17-9-4-10-18-42;1-15(2)13-9-5-3-7-11(13)12-8-4-6-10-14(12)15;1-10-2-6-12(7-3-10)15-13-8-4-11(14)5-9-13;1-3-11(2)5-4-10-15-13-8-6-12(14)7-9-13/h3-40H,1-2H3;3-10H,1-2H3;2-9,15H,1H3;3-4,6-11,15H,1,5H2,2H3/b25-23+,26-24+;;;10-4+. The van der Waals surface area contributed by atoms with Gasteiger partial charge in [-0.05, 0) is 226 Å². The van der Waals surface area contributed by atoms with Crippen LogP contribution in [0.5, 0.6) is 0 Å². The van der Waals surface area contributed by atoms with Crippen molar-refractivity contribution in [2.45, 2.75) is 58.8 Å². The van der Waals surface area contributed by atoms with E-state index < -0.39 is 0 Å². The van der Waals surface area contributed by atoms with Crippen molar-refractivity contribution in [3.05, 3.63) is 414 Å². The van der Waals surface area contributed by atoms with Crippen LogP contribution in [0.15, 0.2) is 353 Å². The Kier molecular flexibility index (Phi) is 22.4. The molecule has 0 amide bonds. The number of anilines is 9. The Morgan fingerprint density at radius 3 is 1.09 bits per heavy atom. The molecule has 13 aromatic carbocycles. The van der Waals surface area contributed by atoms with E-state index in [0.29, 0.717) is 5.92 Å². The minimum absolute atomic E-state index is 0.160. The van der Waals surface area contributed by atoms with Gasteiger partial charge in [-0.2, -0.15) is 0 Å². The SMILES string of the molecule is C=CC(C)C/C=C/Nc1ccc(F)cc1.CC1(C)c2cc(N(c3ccccc3)c3ccc(/C=C/c4ccccc4)cc3)ccc2-c2ccc(N(c3ccccc3)c3ccc(/C=C/c4ccccc4)cc3)cc21.CC1(C)c2ccccc2-c2ccccc21.Cc1ccc(Nc2ccc(F)cc2)cc1. The molecule has 0 fully saturated rings. The van der Waals surface area contributed by atoms with Gasteiger partial charge >= 0.3 is 0 Å². The number of benzene rings is 13. The van der Waals surface area contributed by atoms with Gasteiger partial charge in [0.25, 0.3) is 0 Å². The van der Waals surface area contributed by atoms with Gasteiger partial charge < -0.3 is 20.4 Å². The second-order valence-corrected chi connectivity index (χ2v) is 26.8. The van der Waals surface area contributed by atoms with Crippen molar-refractivity contribution in [3.63, 3.8) is 0 Å². The fourth-order valence-corrected chi connectivity index (χ4v) is 13.1. The van der Waals surface area contributed by atoms with Crippen LogP contribution in [0.4, 0.5) is 60.0 Å². The van der Waals surface area contributed by atoms with E-state index in [4.69, 9.17) is 0 Å². The summed E-state index contributed by atoms with van der Waals surface area (Å²) in [6.45, 7) is 17.2. The molecule has 0 saturated heterocycles. The molecule has 0 radical (unpaired) electrons. The molecule has 15 rings (SSSR count). The van der Waals surface area contributed by atoms with Gasteiger partial charge in [0.1, 0.15) is 11.6 Å². The first-order valence-electron chi connectivity index (χ1n) is 34.9. The van der Waals surface area contributed by atoms with Crippen molar-refractivity contribution in [1.82, 2.24) is 0 Å². The van der Waals surface area contributed by atoms with Gasteiger partial charge in [-0.1, -0.05) is 271 Å². The highest BCUT2D eigenvalue weighted by Gasteiger charge is 2.37. The van der Waals surface area contributed by atoms with Gasteiger partial charge in [0.05, 0.1) is 0 Å². The summed E-state index contributed by atoms with van der Waals surface area (Å²) in [5.74, 6) is 0.0468. The quantitative estimate of drug-likeness (QED) is 0.0703. The second-order valence-electron chi connectivity index (χ2n) is 26.8. The monoisotopic (exact) mass is 1330 g/mol. The van der Waals surface area contributed by atoms with Crippen LogP contribution in [0.2, 0.25) is 0 Å². The van der Waals surface area contributed by atoms with Gasteiger partial charge in [0.2, 0.25) is 0 Å². The number of aryl methyl sites for hydroxylation is 1. The fraction of sp³-hybridized carbons (Fsp3) is 0.104. The van der Waals surface area contributed by atoms with Crippen LogP contribution in [0.1, 0.15) is 91.1 Å². The van der Waals surface area contributed by atoms with E-state index in [9.17, 15) is 8.78 Å². The third kappa shape index (κ3) is 17.1. The summed E-state index contributed by atoms with van der Waals surface area (Å²) in [5.41, 5.74) is 26.4. The van der Waals surface area contributed by atoms with E-state index >= 15 is 0 Å². The van der Waals surface area contributed by atoms with Crippen LogP contribution >= 0.6 is 0 Å². The number of nitrogens with one attached hydrogen (secondary N) is 2. The molecule has 2 aliphatic rings. The summed E-state index contributed by atoms with van der Waals surface area (Å²) in [6.07, 6.45) is 15.5. The molecule has 6 heteroatoms. The lowest BCUT2D eigenvalue weighted by Crippen LogP contribution is -2.17. The molecule has 0 saturated carbocycles. The zero-order chi connectivity index (χ0) is 70.8. The van der Waals surface area contributed by atoms with Crippen molar-refractivity contribution < 1.29 is 8.78 Å². The molecule has 0 bridgehead atoms. The molecule has 2 N–H and O–H groups in total. The largest absolute Gasteiger partial charge is 0.362 e. The molecule has 0 heterocycles. The highest BCUT2D eigenvalue weighted by molar-refractivity contribution is 5.89. The summed E-state index contributed by atoms with van der Waals surface area (Å²) < 4.78 is 25.2. The predicted octanol–water partition coefficient (Wildman–Crippen LogP) is 27.1. The van der Waals surface area contributed by atoms with Crippen LogP contribution in [0.3, 0.4) is 0 Å².